The number of anilines is 1. The summed E-state index contributed by atoms with van der Waals surface area (Å²) in [6.45, 7) is 7.99. The average molecular weight is 419 g/mol. The molecule has 2 aliphatic heterocycles. The van der Waals surface area contributed by atoms with Crippen molar-refractivity contribution in [3.05, 3.63) is 30.3 Å². The summed E-state index contributed by atoms with van der Waals surface area (Å²) in [5.74, 6) is 0.115. The largest absolute Gasteiger partial charge is 0.382 e. The second kappa shape index (κ2) is 10.2. The molecule has 0 unspecified atom stereocenters. The van der Waals surface area contributed by atoms with Gasteiger partial charge in [0.05, 0.1) is 18.7 Å². The van der Waals surface area contributed by atoms with Crippen molar-refractivity contribution >= 4 is 17.6 Å². The number of hydrogen-bond acceptors (Lipinski definition) is 6. The van der Waals surface area contributed by atoms with E-state index in [2.05, 4.69) is 16.0 Å². The summed E-state index contributed by atoms with van der Waals surface area (Å²) in [7, 11) is 1.70. The Balaban J connectivity index is 1.66. The molecule has 0 saturated carbocycles. The molecule has 30 heavy (non-hydrogen) atoms. The Labute approximate surface area is 178 Å². The maximum Gasteiger partial charge on any atom is 0.350 e. The number of methoxy groups -OCH3 is 1. The Bertz CT molecular complexity index is 708. The van der Waals surface area contributed by atoms with Crippen LogP contribution in [-0.2, 0) is 9.53 Å². The number of amides is 3. The Morgan fingerprint density at radius 1 is 1.10 bits per heavy atom. The third-order valence-corrected chi connectivity index (χ3v) is 5.98. The third-order valence-electron chi connectivity index (χ3n) is 5.98. The zero-order valence-electron chi connectivity index (χ0n) is 18.3. The lowest BCUT2D eigenvalue weighted by atomic mass is 9.85. The summed E-state index contributed by atoms with van der Waals surface area (Å²) in [5.41, 5.74) is 6.33. The first-order chi connectivity index (χ1) is 14.5. The van der Waals surface area contributed by atoms with Gasteiger partial charge in [0, 0.05) is 45.4 Å². The molecule has 0 aromatic heterocycles. The van der Waals surface area contributed by atoms with Gasteiger partial charge < -0.3 is 14.5 Å². The topological polar surface area (TPSA) is 80.4 Å². The molecule has 9 heteroatoms. The van der Waals surface area contributed by atoms with Crippen LogP contribution in [-0.4, -0.2) is 78.8 Å². The number of piperidine rings is 1. The Hall–Kier alpha value is -2.20. The standard InChI is InChI=1S/C21H34N6O3/c1-4-19(28)27(18-9-7-6-8-10-18)21(17-30-3)11-13-24(14-12-21)15-16-26-20(29)25(5-2)22-23-26/h6-10,22-23H,4-5,11-17H2,1-3H3. The molecular weight excluding hydrogens is 384 g/mol. The van der Waals surface area contributed by atoms with Crippen molar-refractivity contribution in [3.8, 4) is 0 Å². The predicted molar refractivity (Wildman–Crippen MR) is 115 cm³/mol. The number of likely N-dealkylation sites (tertiary alicyclic amines) is 1. The first-order valence-electron chi connectivity index (χ1n) is 10.7. The van der Waals surface area contributed by atoms with Crippen LogP contribution >= 0.6 is 0 Å². The van der Waals surface area contributed by atoms with E-state index in [1.807, 2.05) is 49.1 Å². The first-order valence-corrected chi connectivity index (χ1v) is 10.7. The van der Waals surface area contributed by atoms with Crippen LogP contribution in [0, 0.1) is 0 Å². The number of hydrazine groups is 3. The van der Waals surface area contributed by atoms with E-state index >= 15 is 0 Å². The van der Waals surface area contributed by atoms with E-state index < -0.39 is 0 Å². The molecule has 166 valence electrons. The number of nitrogens with one attached hydrogen (secondary N) is 2. The molecule has 0 aliphatic carbocycles. The number of para-hydroxylation sites is 1. The van der Waals surface area contributed by atoms with Crippen molar-refractivity contribution in [2.24, 2.45) is 0 Å². The van der Waals surface area contributed by atoms with Crippen LogP contribution in [0.1, 0.15) is 33.1 Å². The molecule has 3 amide bonds. The van der Waals surface area contributed by atoms with Gasteiger partial charge in [0.2, 0.25) is 5.91 Å². The fraction of sp³-hybridized carbons (Fsp3) is 0.619. The van der Waals surface area contributed by atoms with Crippen LogP contribution in [0.4, 0.5) is 10.5 Å². The number of hydrogen-bond donors (Lipinski definition) is 2. The number of ether oxygens (including phenoxy) is 1. The number of nitrogens with zero attached hydrogens (tertiary/aromatic N) is 4. The summed E-state index contributed by atoms with van der Waals surface area (Å²) in [6.07, 6.45) is 2.10. The van der Waals surface area contributed by atoms with Crippen LogP contribution < -0.4 is 16.0 Å². The first kappa shape index (κ1) is 22.5. The smallest absolute Gasteiger partial charge is 0.350 e. The van der Waals surface area contributed by atoms with Crippen molar-refractivity contribution < 1.29 is 14.3 Å². The van der Waals surface area contributed by atoms with Gasteiger partial charge in [0.15, 0.2) is 0 Å². The maximum absolute atomic E-state index is 13.0. The van der Waals surface area contributed by atoms with Gasteiger partial charge in [0.25, 0.3) is 0 Å². The number of carbonyl (C=O) groups excluding carboxylic acids is 2. The van der Waals surface area contributed by atoms with Crippen LogP contribution in [0.5, 0.6) is 0 Å². The van der Waals surface area contributed by atoms with Crippen molar-refractivity contribution in [3.63, 3.8) is 0 Å². The summed E-state index contributed by atoms with van der Waals surface area (Å²) in [5, 5.41) is 3.13. The van der Waals surface area contributed by atoms with Gasteiger partial charge in [-0.25, -0.2) is 14.8 Å². The van der Waals surface area contributed by atoms with E-state index in [-0.39, 0.29) is 17.5 Å². The molecule has 2 N–H and O–H groups in total. The van der Waals surface area contributed by atoms with Gasteiger partial charge in [-0.3, -0.25) is 4.79 Å². The molecule has 0 radical (unpaired) electrons. The lowest BCUT2D eigenvalue weighted by Gasteiger charge is -2.48. The Morgan fingerprint density at radius 3 is 2.33 bits per heavy atom. The maximum atomic E-state index is 13.0. The zero-order valence-corrected chi connectivity index (χ0v) is 18.3. The van der Waals surface area contributed by atoms with Gasteiger partial charge in [-0.1, -0.05) is 25.1 Å². The lowest BCUT2D eigenvalue weighted by Crippen LogP contribution is -2.60. The normalized spacial score (nSPS) is 19.4. The van der Waals surface area contributed by atoms with Gasteiger partial charge >= 0.3 is 6.03 Å². The van der Waals surface area contributed by atoms with Gasteiger partial charge in [-0.05, 0) is 31.9 Å². The van der Waals surface area contributed by atoms with Crippen molar-refractivity contribution in [2.45, 2.75) is 38.6 Å². The van der Waals surface area contributed by atoms with Crippen molar-refractivity contribution in [2.75, 3.05) is 51.3 Å². The van der Waals surface area contributed by atoms with Crippen LogP contribution in [0.2, 0.25) is 0 Å². The third kappa shape index (κ3) is 4.75. The molecule has 2 heterocycles. The Morgan fingerprint density at radius 2 is 1.77 bits per heavy atom. The molecule has 2 aliphatic rings. The van der Waals surface area contributed by atoms with Gasteiger partial charge in [0.1, 0.15) is 0 Å². The lowest BCUT2D eigenvalue weighted by molar-refractivity contribution is -0.120. The minimum absolute atomic E-state index is 0.0629. The second-order valence-corrected chi connectivity index (χ2v) is 7.82. The molecule has 3 rings (SSSR count). The van der Waals surface area contributed by atoms with Crippen molar-refractivity contribution in [1.82, 2.24) is 26.0 Å². The molecule has 2 fully saturated rings. The monoisotopic (exact) mass is 418 g/mol. The molecule has 0 bridgehead atoms. The fourth-order valence-corrected chi connectivity index (χ4v) is 4.28. The highest BCUT2D eigenvalue weighted by atomic mass is 16.5. The molecule has 2 saturated heterocycles. The quantitative estimate of drug-likeness (QED) is 0.634. The van der Waals surface area contributed by atoms with Crippen LogP contribution in [0.15, 0.2) is 30.3 Å². The fourth-order valence-electron chi connectivity index (χ4n) is 4.28. The SMILES string of the molecule is CCC(=O)N(c1ccccc1)C1(COC)CCN(CCN2NNN(CC)C2=O)CC1. The number of benzene rings is 1. The molecule has 0 spiro atoms. The van der Waals surface area contributed by atoms with Gasteiger partial charge in [-0.2, -0.15) is 0 Å². The minimum Gasteiger partial charge on any atom is -0.382 e. The van der Waals surface area contributed by atoms with E-state index in [0.717, 1.165) is 38.2 Å². The van der Waals surface area contributed by atoms with E-state index in [1.165, 1.54) is 5.01 Å². The summed E-state index contributed by atoms with van der Waals surface area (Å²) >= 11 is 0. The van der Waals surface area contributed by atoms with Crippen LogP contribution in [0.3, 0.4) is 0 Å². The Kier molecular flexibility index (Phi) is 7.65. The van der Waals surface area contributed by atoms with E-state index in [9.17, 15) is 9.59 Å². The van der Waals surface area contributed by atoms with E-state index in [1.54, 1.807) is 12.1 Å². The van der Waals surface area contributed by atoms with E-state index in [0.29, 0.717) is 26.1 Å². The molecular formula is C21H34N6O3. The predicted octanol–water partition coefficient (Wildman–Crippen LogP) is 1.59. The molecule has 9 nitrogen and oxygen atoms in total. The molecule has 1 aromatic rings. The minimum atomic E-state index is -0.359. The average Bonchev–Trinajstić information content (AvgIpc) is 3.13. The second-order valence-electron chi connectivity index (χ2n) is 7.82. The highest BCUT2D eigenvalue weighted by Gasteiger charge is 2.43. The number of rotatable bonds is 9. The highest BCUT2D eigenvalue weighted by molar-refractivity contribution is 5.94. The number of carbonyl (C=O) groups is 2. The highest BCUT2D eigenvalue weighted by Crippen LogP contribution is 2.34. The summed E-state index contributed by atoms with van der Waals surface area (Å²) in [4.78, 5) is 29.5. The van der Waals surface area contributed by atoms with Crippen LogP contribution in [0.25, 0.3) is 0 Å². The summed E-state index contributed by atoms with van der Waals surface area (Å²) < 4.78 is 5.61. The number of urea groups is 1. The van der Waals surface area contributed by atoms with E-state index in [4.69, 9.17) is 4.74 Å². The molecule has 1 aromatic carbocycles. The van der Waals surface area contributed by atoms with Gasteiger partial charge in [-0.15, -0.1) is 11.1 Å². The van der Waals surface area contributed by atoms with Crippen molar-refractivity contribution in [1.29, 1.82) is 0 Å². The molecule has 0 atom stereocenters. The summed E-state index contributed by atoms with van der Waals surface area (Å²) in [6, 6.07) is 9.82. The zero-order chi connectivity index (χ0) is 21.6.